The molecule has 2 fully saturated rings. The molecule has 3 atom stereocenters. The van der Waals surface area contributed by atoms with E-state index in [4.69, 9.17) is 14.5 Å². The van der Waals surface area contributed by atoms with Crippen molar-refractivity contribution in [1.29, 1.82) is 0 Å². The van der Waals surface area contributed by atoms with Crippen molar-refractivity contribution in [3.8, 4) is 0 Å². The van der Waals surface area contributed by atoms with Crippen molar-refractivity contribution in [3.63, 3.8) is 0 Å². The third-order valence-corrected chi connectivity index (χ3v) is 3.05. The van der Waals surface area contributed by atoms with E-state index in [9.17, 15) is 0 Å². The van der Waals surface area contributed by atoms with Crippen LogP contribution in [-0.2, 0) is 14.5 Å². The summed E-state index contributed by atoms with van der Waals surface area (Å²) >= 11 is 3.39. The molecule has 2 aliphatic heterocycles. The van der Waals surface area contributed by atoms with E-state index in [0.717, 1.165) is 10.0 Å². The molecule has 1 aromatic rings. The minimum Gasteiger partial charge on any atom is -0.364 e. The predicted molar refractivity (Wildman–Crippen MR) is 52.6 cm³/mol. The maximum atomic E-state index is 5.41. The van der Waals surface area contributed by atoms with Gasteiger partial charge in [-0.1, -0.05) is 28.1 Å². The van der Waals surface area contributed by atoms with Crippen molar-refractivity contribution < 1.29 is 14.5 Å². The van der Waals surface area contributed by atoms with Gasteiger partial charge in [0.2, 0.25) is 0 Å². The van der Waals surface area contributed by atoms with E-state index in [0.29, 0.717) is 6.61 Å². The van der Waals surface area contributed by atoms with Crippen LogP contribution in [0.2, 0.25) is 0 Å². The molecule has 14 heavy (non-hydrogen) atoms. The Morgan fingerprint density at radius 2 is 2.00 bits per heavy atom. The second-order valence-electron chi connectivity index (χ2n) is 3.49. The molecule has 3 nitrogen and oxygen atoms in total. The Hall–Kier alpha value is -0.420. The molecule has 0 radical (unpaired) electrons. The zero-order chi connectivity index (χ0) is 9.54. The van der Waals surface area contributed by atoms with E-state index >= 15 is 0 Å². The monoisotopic (exact) mass is 256 g/mol. The lowest BCUT2D eigenvalue weighted by atomic mass is 10.0. The van der Waals surface area contributed by atoms with Crippen molar-refractivity contribution >= 4 is 15.9 Å². The molecule has 3 rings (SSSR count). The number of hydrogen-bond donors (Lipinski definition) is 0. The SMILES string of the molecule is Brc1ccc([C@H]2OOC[C@@H]3O[C@@H]32)cc1. The molecule has 0 saturated carbocycles. The van der Waals surface area contributed by atoms with E-state index < -0.39 is 0 Å². The molecule has 0 amide bonds. The Morgan fingerprint density at radius 1 is 1.21 bits per heavy atom. The first kappa shape index (κ1) is 8.85. The first-order chi connectivity index (χ1) is 6.84. The standard InChI is InChI=1S/C10H9BrO3/c11-7-3-1-6(2-4-7)9-10-8(13-10)5-12-14-9/h1-4,8-10H,5H2/t8-,9+,10-/m0/s1. The van der Waals surface area contributed by atoms with Gasteiger partial charge in [-0.3, -0.25) is 0 Å². The number of rotatable bonds is 1. The minimum absolute atomic E-state index is 0.0677. The van der Waals surface area contributed by atoms with Crippen molar-refractivity contribution in [3.05, 3.63) is 34.3 Å². The summed E-state index contributed by atoms with van der Waals surface area (Å²) in [5.74, 6) is 0. The fraction of sp³-hybridized carbons (Fsp3) is 0.400. The smallest absolute Gasteiger partial charge is 0.147 e. The molecule has 2 heterocycles. The third-order valence-electron chi connectivity index (χ3n) is 2.52. The zero-order valence-corrected chi connectivity index (χ0v) is 8.94. The van der Waals surface area contributed by atoms with Crippen LogP contribution < -0.4 is 0 Å². The highest BCUT2D eigenvalue weighted by molar-refractivity contribution is 9.10. The van der Waals surface area contributed by atoms with Gasteiger partial charge in [-0.15, -0.1) is 0 Å². The van der Waals surface area contributed by atoms with Gasteiger partial charge < -0.3 is 4.74 Å². The summed E-state index contributed by atoms with van der Waals surface area (Å²) in [6, 6.07) is 8.01. The first-order valence-corrected chi connectivity index (χ1v) is 5.33. The molecule has 1 aromatic carbocycles. The molecular weight excluding hydrogens is 248 g/mol. The summed E-state index contributed by atoms with van der Waals surface area (Å²) in [7, 11) is 0. The van der Waals surface area contributed by atoms with Crippen LogP contribution in [0.15, 0.2) is 28.7 Å². The van der Waals surface area contributed by atoms with Crippen LogP contribution in [0, 0.1) is 0 Å². The van der Waals surface area contributed by atoms with Crippen molar-refractivity contribution in [2.45, 2.75) is 18.3 Å². The van der Waals surface area contributed by atoms with Crippen LogP contribution >= 0.6 is 15.9 Å². The second kappa shape index (κ2) is 3.31. The van der Waals surface area contributed by atoms with Gasteiger partial charge in [0.05, 0.1) is 0 Å². The van der Waals surface area contributed by atoms with Crippen LogP contribution in [0.4, 0.5) is 0 Å². The lowest BCUT2D eigenvalue weighted by Gasteiger charge is -2.18. The molecule has 2 aliphatic rings. The van der Waals surface area contributed by atoms with Gasteiger partial charge in [-0.05, 0) is 17.7 Å². The number of hydrogen-bond acceptors (Lipinski definition) is 3. The molecule has 0 bridgehead atoms. The molecule has 0 spiro atoms. The highest BCUT2D eigenvalue weighted by atomic mass is 79.9. The average Bonchev–Trinajstić information content (AvgIpc) is 2.97. The maximum Gasteiger partial charge on any atom is 0.147 e. The normalized spacial score (nSPS) is 35.1. The Morgan fingerprint density at radius 3 is 2.79 bits per heavy atom. The van der Waals surface area contributed by atoms with Gasteiger partial charge in [-0.2, -0.15) is 0 Å². The molecule has 4 heteroatoms. The number of benzene rings is 1. The summed E-state index contributed by atoms with van der Waals surface area (Å²) in [5.41, 5.74) is 1.10. The van der Waals surface area contributed by atoms with Crippen LogP contribution in [0.5, 0.6) is 0 Å². The second-order valence-corrected chi connectivity index (χ2v) is 4.41. The Bertz CT molecular complexity index is 338. The summed E-state index contributed by atoms with van der Waals surface area (Å²) in [6.07, 6.45) is 0.351. The Labute approximate surface area is 90.0 Å². The predicted octanol–water partition coefficient (Wildman–Crippen LogP) is 2.22. The summed E-state index contributed by atoms with van der Waals surface area (Å²) in [6.45, 7) is 0.553. The number of fused-ring (bicyclic) bond motifs is 1. The molecule has 0 aromatic heterocycles. The molecule has 2 saturated heterocycles. The van der Waals surface area contributed by atoms with Crippen LogP contribution in [0.25, 0.3) is 0 Å². The molecular formula is C10H9BrO3. The van der Waals surface area contributed by atoms with E-state index in [1.807, 2.05) is 24.3 Å². The summed E-state index contributed by atoms with van der Waals surface area (Å²) in [4.78, 5) is 10.2. The van der Waals surface area contributed by atoms with E-state index in [-0.39, 0.29) is 18.3 Å². The van der Waals surface area contributed by atoms with E-state index in [2.05, 4.69) is 15.9 Å². The van der Waals surface area contributed by atoms with Gasteiger partial charge in [0.1, 0.15) is 24.9 Å². The van der Waals surface area contributed by atoms with Crippen molar-refractivity contribution in [2.24, 2.45) is 0 Å². The number of halogens is 1. The molecule has 0 N–H and O–H groups in total. The van der Waals surface area contributed by atoms with Gasteiger partial charge in [0.25, 0.3) is 0 Å². The zero-order valence-electron chi connectivity index (χ0n) is 7.35. The number of epoxide rings is 1. The quantitative estimate of drug-likeness (QED) is 0.571. The average molecular weight is 257 g/mol. The van der Waals surface area contributed by atoms with E-state index in [1.54, 1.807) is 0 Å². The minimum atomic E-state index is -0.0677. The molecule has 0 unspecified atom stereocenters. The van der Waals surface area contributed by atoms with Gasteiger partial charge in [0.15, 0.2) is 0 Å². The van der Waals surface area contributed by atoms with Gasteiger partial charge in [-0.25, -0.2) is 9.78 Å². The first-order valence-electron chi connectivity index (χ1n) is 4.54. The fourth-order valence-electron chi connectivity index (χ4n) is 1.69. The Kier molecular flexibility index (Phi) is 2.09. The van der Waals surface area contributed by atoms with Crippen LogP contribution in [-0.4, -0.2) is 18.8 Å². The van der Waals surface area contributed by atoms with Crippen LogP contribution in [0.3, 0.4) is 0 Å². The van der Waals surface area contributed by atoms with Crippen molar-refractivity contribution in [2.75, 3.05) is 6.61 Å². The highest BCUT2D eigenvalue weighted by Crippen LogP contribution is 2.40. The highest BCUT2D eigenvalue weighted by Gasteiger charge is 2.50. The van der Waals surface area contributed by atoms with Gasteiger partial charge >= 0.3 is 0 Å². The largest absolute Gasteiger partial charge is 0.364 e. The number of ether oxygens (including phenoxy) is 1. The fourth-order valence-corrected chi connectivity index (χ4v) is 1.95. The van der Waals surface area contributed by atoms with E-state index in [1.165, 1.54) is 0 Å². The summed E-state index contributed by atoms with van der Waals surface area (Å²) in [5, 5.41) is 0. The maximum absolute atomic E-state index is 5.41. The van der Waals surface area contributed by atoms with Gasteiger partial charge in [0, 0.05) is 4.47 Å². The lowest BCUT2D eigenvalue weighted by molar-refractivity contribution is -0.339. The lowest BCUT2D eigenvalue weighted by Crippen LogP contribution is -2.22. The summed E-state index contributed by atoms with van der Waals surface area (Å²) < 4.78 is 6.47. The van der Waals surface area contributed by atoms with Crippen molar-refractivity contribution in [1.82, 2.24) is 0 Å². The topological polar surface area (TPSA) is 31.0 Å². The Balaban J connectivity index is 1.84. The molecule has 74 valence electrons. The third kappa shape index (κ3) is 1.48. The molecule has 0 aliphatic carbocycles. The van der Waals surface area contributed by atoms with Crippen LogP contribution in [0.1, 0.15) is 11.7 Å².